The second-order valence-corrected chi connectivity index (χ2v) is 4.59. The number of rotatable bonds is 3. The first-order chi connectivity index (χ1) is 8.08. The molecule has 1 aromatic heterocycles. The molecule has 0 saturated carbocycles. The van der Waals surface area contributed by atoms with Gasteiger partial charge in [0.2, 0.25) is 0 Å². The SMILES string of the molecule is Cc1ccc(-c2nc(C(N)C(C)C)no2)cc1. The summed E-state index contributed by atoms with van der Waals surface area (Å²) in [6, 6.07) is 7.78. The second kappa shape index (κ2) is 4.67. The number of nitrogens with zero attached hydrogens (tertiary/aromatic N) is 2. The standard InChI is InChI=1S/C13H17N3O/c1-8(2)11(14)12-15-13(17-16-12)10-6-4-9(3)5-7-10/h4-8,11H,14H2,1-3H3. The minimum atomic E-state index is -0.182. The molecular formula is C13H17N3O. The highest BCUT2D eigenvalue weighted by molar-refractivity contribution is 5.53. The smallest absolute Gasteiger partial charge is 0.257 e. The van der Waals surface area contributed by atoms with Gasteiger partial charge in [0.15, 0.2) is 5.82 Å². The Kier molecular flexibility index (Phi) is 3.24. The van der Waals surface area contributed by atoms with Gasteiger partial charge in [-0.25, -0.2) is 0 Å². The minimum absolute atomic E-state index is 0.182. The van der Waals surface area contributed by atoms with Crippen molar-refractivity contribution < 1.29 is 4.52 Å². The van der Waals surface area contributed by atoms with Gasteiger partial charge in [0.25, 0.3) is 5.89 Å². The average molecular weight is 231 g/mol. The van der Waals surface area contributed by atoms with Crippen molar-refractivity contribution in [2.24, 2.45) is 11.7 Å². The van der Waals surface area contributed by atoms with Gasteiger partial charge in [-0.3, -0.25) is 0 Å². The number of hydrogen-bond acceptors (Lipinski definition) is 4. The number of aryl methyl sites for hydroxylation is 1. The van der Waals surface area contributed by atoms with Crippen LogP contribution in [0.5, 0.6) is 0 Å². The summed E-state index contributed by atoms with van der Waals surface area (Å²) in [7, 11) is 0. The lowest BCUT2D eigenvalue weighted by atomic mass is 10.1. The Labute approximate surface area is 101 Å². The largest absolute Gasteiger partial charge is 0.334 e. The monoisotopic (exact) mass is 231 g/mol. The highest BCUT2D eigenvalue weighted by Gasteiger charge is 2.17. The molecule has 2 rings (SSSR count). The highest BCUT2D eigenvalue weighted by atomic mass is 16.5. The molecule has 4 heteroatoms. The third kappa shape index (κ3) is 2.53. The van der Waals surface area contributed by atoms with E-state index in [1.54, 1.807) is 0 Å². The van der Waals surface area contributed by atoms with E-state index < -0.39 is 0 Å². The van der Waals surface area contributed by atoms with Crippen LogP contribution in [0.25, 0.3) is 11.5 Å². The molecule has 90 valence electrons. The molecule has 0 aliphatic heterocycles. The summed E-state index contributed by atoms with van der Waals surface area (Å²) in [6.07, 6.45) is 0. The molecule has 0 spiro atoms. The highest BCUT2D eigenvalue weighted by Crippen LogP contribution is 2.21. The van der Waals surface area contributed by atoms with E-state index in [9.17, 15) is 0 Å². The molecule has 0 bridgehead atoms. The van der Waals surface area contributed by atoms with E-state index in [2.05, 4.69) is 10.1 Å². The first-order valence-corrected chi connectivity index (χ1v) is 5.74. The van der Waals surface area contributed by atoms with Gasteiger partial charge in [0.05, 0.1) is 6.04 Å². The van der Waals surface area contributed by atoms with Crippen molar-refractivity contribution in [3.8, 4) is 11.5 Å². The zero-order valence-electron chi connectivity index (χ0n) is 10.3. The van der Waals surface area contributed by atoms with Crippen molar-refractivity contribution in [3.63, 3.8) is 0 Å². The lowest BCUT2D eigenvalue weighted by molar-refractivity contribution is 0.400. The number of nitrogens with two attached hydrogens (primary N) is 1. The van der Waals surface area contributed by atoms with Crippen LogP contribution in [0.4, 0.5) is 0 Å². The molecule has 0 saturated heterocycles. The quantitative estimate of drug-likeness (QED) is 0.882. The molecule has 0 aliphatic carbocycles. The molecule has 0 radical (unpaired) electrons. The van der Waals surface area contributed by atoms with Gasteiger partial charge in [-0.2, -0.15) is 4.98 Å². The Morgan fingerprint density at radius 3 is 2.41 bits per heavy atom. The van der Waals surface area contributed by atoms with Gasteiger partial charge in [-0.05, 0) is 25.0 Å². The Morgan fingerprint density at radius 2 is 1.82 bits per heavy atom. The Morgan fingerprint density at radius 1 is 1.18 bits per heavy atom. The van der Waals surface area contributed by atoms with E-state index in [-0.39, 0.29) is 6.04 Å². The van der Waals surface area contributed by atoms with Crippen molar-refractivity contribution in [3.05, 3.63) is 35.7 Å². The van der Waals surface area contributed by atoms with E-state index in [0.29, 0.717) is 17.6 Å². The summed E-state index contributed by atoms with van der Waals surface area (Å²) in [5.74, 6) is 1.38. The number of benzene rings is 1. The lowest BCUT2D eigenvalue weighted by Gasteiger charge is -2.09. The fraction of sp³-hybridized carbons (Fsp3) is 0.385. The molecule has 0 amide bonds. The fourth-order valence-electron chi connectivity index (χ4n) is 1.48. The maximum Gasteiger partial charge on any atom is 0.257 e. The number of hydrogen-bond donors (Lipinski definition) is 1. The van der Waals surface area contributed by atoms with E-state index in [0.717, 1.165) is 5.56 Å². The zero-order valence-corrected chi connectivity index (χ0v) is 10.3. The molecule has 1 unspecified atom stereocenters. The Bertz CT molecular complexity index is 488. The van der Waals surface area contributed by atoms with Gasteiger partial charge in [0, 0.05) is 5.56 Å². The Balaban J connectivity index is 2.26. The van der Waals surface area contributed by atoms with Crippen molar-refractivity contribution in [2.45, 2.75) is 26.8 Å². The van der Waals surface area contributed by atoms with Crippen molar-refractivity contribution >= 4 is 0 Å². The molecule has 2 aromatic rings. The van der Waals surface area contributed by atoms with Gasteiger partial charge < -0.3 is 10.3 Å². The van der Waals surface area contributed by atoms with Gasteiger partial charge in [0.1, 0.15) is 0 Å². The van der Waals surface area contributed by atoms with Crippen LogP contribution in [0.2, 0.25) is 0 Å². The van der Waals surface area contributed by atoms with Crippen LogP contribution in [0, 0.1) is 12.8 Å². The normalized spacial score (nSPS) is 13.0. The first kappa shape index (κ1) is 11.8. The summed E-state index contributed by atoms with van der Waals surface area (Å²) in [5.41, 5.74) is 8.09. The molecule has 17 heavy (non-hydrogen) atoms. The van der Waals surface area contributed by atoms with E-state index in [1.807, 2.05) is 45.0 Å². The van der Waals surface area contributed by atoms with Crippen LogP contribution < -0.4 is 5.73 Å². The molecule has 4 nitrogen and oxygen atoms in total. The third-order valence-electron chi connectivity index (χ3n) is 2.76. The zero-order chi connectivity index (χ0) is 12.4. The van der Waals surface area contributed by atoms with Crippen LogP contribution in [0.1, 0.15) is 31.3 Å². The predicted molar refractivity (Wildman–Crippen MR) is 66.2 cm³/mol. The predicted octanol–water partition coefficient (Wildman–Crippen LogP) is 2.70. The third-order valence-corrected chi connectivity index (χ3v) is 2.76. The van der Waals surface area contributed by atoms with Crippen molar-refractivity contribution in [2.75, 3.05) is 0 Å². The summed E-state index contributed by atoms with van der Waals surface area (Å²) in [5, 5.41) is 3.93. The maximum atomic E-state index is 5.97. The van der Waals surface area contributed by atoms with Gasteiger partial charge in [-0.1, -0.05) is 36.7 Å². The maximum absolute atomic E-state index is 5.97. The Hall–Kier alpha value is -1.68. The molecule has 1 aromatic carbocycles. The van der Waals surface area contributed by atoms with Gasteiger partial charge >= 0.3 is 0 Å². The summed E-state index contributed by atoms with van der Waals surface area (Å²) in [6.45, 7) is 6.11. The second-order valence-electron chi connectivity index (χ2n) is 4.59. The van der Waals surface area contributed by atoms with E-state index in [1.165, 1.54) is 5.56 Å². The van der Waals surface area contributed by atoms with Crippen LogP contribution in [0.15, 0.2) is 28.8 Å². The summed E-state index contributed by atoms with van der Waals surface area (Å²) < 4.78 is 5.22. The topological polar surface area (TPSA) is 64.9 Å². The molecule has 2 N–H and O–H groups in total. The summed E-state index contributed by atoms with van der Waals surface area (Å²) in [4.78, 5) is 4.33. The van der Waals surface area contributed by atoms with Crippen molar-refractivity contribution in [1.29, 1.82) is 0 Å². The molecule has 0 aliphatic rings. The molecule has 0 fully saturated rings. The minimum Gasteiger partial charge on any atom is -0.334 e. The molecular weight excluding hydrogens is 214 g/mol. The molecule has 1 atom stereocenters. The van der Waals surface area contributed by atoms with Crippen molar-refractivity contribution in [1.82, 2.24) is 10.1 Å². The van der Waals surface area contributed by atoms with Crippen LogP contribution >= 0.6 is 0 Å². The lowest BCUT2D eigenvalue weighted by Crippen LogP contribution is -2.18. The number of aromatic nitrogens is 2. The van der Waals surface area contributed by atoms with E-state index >= 15 is 0 Å². The average Bonchev–Trinajstić information content (AvgIpc) is 2.78. The van der Waals surface area contributed by atoms with Crippen LogP contribution in [-0.4, -0.2) is 10.1 Å². The molecule has 1 heterocycles. The van der Waals surface area contributed by atoms with E-state index in [4.69, 9.17) is 10.3 Å². The van der Waals surface area contributed by atoms with Gasteiger partial charge in [-0.15, -0.1) is 0 Å². The first-order valence-electron chi connectivity index (χ1n) is 5.74. The van der Waals surface area contributed by atoms with Crippen LogP contribution in [0.3, 0.4) is 0 Å². The fourth-order valence-corrected chi connectivity index (χ4v) is 1.48. The van der Waals surface area contributed by atoms with Crippen LogP contribution in [-0.2, 0) is 0 Å². The summed E-state index contributed by atoms with van der Waals surface area (Å²) >= 11 is 0.